The number of hydrogen-bond acceptors (Lipinski definition) is 7. The van der Waals surface area contributed by atoms with Crippen LogP contribution in [0.3, 0.4) is 0 Å². The second-order valence-electron chi connectivity index (χ2n) is 11.0. The van der Waals surface area contributed by atoms with Crippen LogP contribution >= 0.6 is 34.5 Å². The number of aromatic nitrogens is 2. The van der Waals surface area contributed by atoms with Gasteiger partial charge in [0.25, 0.3) is 0 Å². The average Bonchev–Trinajstić information content (AvgIpc) is 3.49. The summed E-state index contributed by atoms with van der Waals surface area (Å²) in [5, 5.41) is 27.4. The summed E-state index contributed by atoms with van der Waals surface area (Å²) in [6, 6.07) is 10.3. The first kappa shape index (κ1) is 25.5. The smallest absolute Gasteiger partial charge is 0.335 e. The van der Waals surface area contributed by atoms with Crippen LogP contribution in [0.1, 0.15) is 71.1 Å². The van der Waals surface area contributed by atoms with Crippen LogP contribution in [0.2, 0.25) is 10.0 Å². The minimum atomic E-state index is -1.03. The number of benzene rings is 2. The Hall–Kier alpha value is -2.49. The molecule has 202 valence electrons. The van der Waals surface area contributed by atoms with E-state index in [0.717, 1.165) is 60.1 Å². The number of rotatable bonds is 7. The highest BCUT2D eigenvalue weighted by molar-refractivity contribution is 7.18. The number of aliphatic hydroxyl groups is 1. The Balaban J connectivity index is 1.13. The number of fused-ring (bicyclic) bond motifs is 3. The molecule has 7 nitrogen and oxygen atoms in total. The Morgan fingerprint density at radius 3 is 2.49 bits per heavy atom. The zero-order chi connectivity index (χ0) is 26.9. The standard InChI is InChI=1S/C29H26Cl2N2O5S/c30-20-2-1-3-21(31)24(20)25-19(26(38-33-25)14-4-5-14)13-37-18-11-16-7-8-17(12-18)29(16,36)28-32-22-9-6-15(27(34)35)10-23(22)39-28/h1-3,6,9-10,14,16-18,36H,4-5,7-8,11-13H2,(H,34,35)/t16-,17+,18-,29+. The molecule has 2 aromatic carbocycles. The summed E-state index contributed by atoms with van der Waals surface area (Å²) in [4.78, 5) is 16.2. The maximum Gasteiger partial charge on any atom is 0.335 e. The molecule has 10 heteroatoms. The Labute approximate surface area is 238 Å². The lowest BCUT2D eigenvalue weighted by Crippen LogP contribution is -2.44. The lowest BCUT2D eigenvalue weighted by atomic mass is 9.73. The average molecular weight is 586 g/mol. The number of carbonyl (C=O) groups is 1. The van der Waals surface area contributed by atoms with Crippen molar-refractivity contribution >= 4 is 50.7 Å². The Kier molecular flexibility index (Phi) is 6.25. The summed E-state index contributed by atoms with van der Waals surface area (Å²) < 4.78 is 13.1. The summed E-state index contributed by atoms with van der Waals surface area (Å²) in [5.74, 6) is 0.263. The number of ether oxygens (including phenoxy) is 1. The van der Waals surface area contributed by atoms with Crippen molar-refractivity contribution in [2.24, 2.45) is 11.8 Å². The minimum absolute atomic E-state index is 0.0172. The van der Waals surface area contributed by atoms with E-state index in [1.165, 1.54) is 11.3 Å². The molecule has 4 atom stereocenters. The van der Waals surface area contributed by atoms with Crippen LogP contribution in [0.25, 0.3) is 21.5 Å². The van der Waals surface area contributed by atoms with Crippen molar-refractivity contribution in [3.05, 3.63) is 68.3 Å². The second kappa shape index (κ2) is 9.56. The van der Waals surface area contributed by atoms with Crippen LogP contribution in [0, 0.1) is 11.8 Å². The molecule has 0 amide bonds. The third kappa shape index (κ3) is 4.28. The van der Waals surface area contributed by atoms with Gasteiger partial charge in [0.1, 0.15) is 22.1 Å². The van der Waals surface area contributed by atoms with Gasteiger partial charge in [-0.05, 0) is 80.7 Å². The number of hydrogen-bond donors (Lipinski definition) is 2. The molecule has 0 radical (unpaired) electrons. The zero-order valence-electron chi connectivity index (χ0n) is 20.9. The lowest BCUT2D eigenvalue weighted by Gasteiger charge is -2.41. The third-order valence-electron chi connectivity index (χ3n) is 8.61. The van der Waals surface area contributed by atoms with Crippen LogP contribution in [0.4, 0.5) is 0 Å². The van der Waals surface area contributed by atoms with Crippen LogP contribution in [0.15, 0.2) is 40.9 Å². The van der Waals surface area contributed by atoms with Gasteiger partial charge in [-0.1, -0.05) is 34.4 Å². The normalized spacial score (nSPS) is 26.4. The molecule has 39 heavy (non-hydrogen) atoms. The van der Waals surface area contributed by atoms with Crippen LogP contribution in [0.5, 0.6) is 0 Å². The number of aromatic carboxylic acids is 1. The van der Waals surface area contributed by atoms with Gasteiger partial charge in [0, 0.05) is 17.0 Å². The van der Waals surface area contributed by atoms with Crippen molar-refractivity contribution < 1.29 is 24.3 Å². The van der Waals surface area contributed by atoms with E-state index in [2.05, 4.69) is 5.16 Å². The van der Waals surface area contributed by atoms with Crippen LogP contribution < -0.4 is 0 Å². The Bertz CT molecular complexity index is 1560. The van der Waals surface area contributed by atoms with Gasteiger partial charge in [0.05, 0.1) is 38.5 Å². The van der Waals surface area contributed by atoms with Gasteiger partial charge in [0.15, 0.2) is 0 Å². The summed E-state index contributed by atoms with van der Waals surface area (Å²) in [6.45, 7) is 0.341. The zero-order valence-corrected chi connectivity index (χ0v) is 23.2. The van der Waals surface area contributed by atoms with E-state index >= 15 is 0 Å². The molecule has 4 aromatic rings. The molecule has 2 bridgehead atoms. The molecule has 7 rings (SSSR count). The van der Waals surface area contributed by atoms with Crippen molar-refractivity contribution in [1.82, 2.24) is 10.1 Å². The fourth-order valence-electron chi connectivity index (χ4n) is 6.47. The van der Waals surface area contributed by atoms with Crippen molar-refractivity contribution in [1.29, 1.82) is 0 Å². The third-order valence-corrected chi connectivity index (χ3v) is 10.4. The van der Waals surface area contributed by atoms with Gasteiger partial charge in [-0.15, -0.1) is 11.3 Å². The molecule has 0 unspecified atom stereocenters. The molecule has 3 fully saturated rings. The fourth-order valence-corrected chi connectivity index (χ4v) is 8.30. The van der Waals surface area contributed by atoms with E-state index in [1.54, 1.807) is 30.3 Å². The molecule has 3 saturated carbocycles. The molecule has 0 aliphatic heterocycles. The molecule has 2 heterocycles. The first-order valence-electron chi connectivity index (χ1n) is 13.2. The molecule has 3 aliphatic rings. The largest absolute Gasteiger partial charge is 0.478 e. The van der Waals surface area contributed by atoms with Gasteiger partial charge in [-0.2, -0.15) is 0 Å². The highest BCUT2D eigenvalue weighted by atomic mass is 35.5. The lowest BCUT2D eigenvalue weighted by molar-refractivity contribution is -0.116. The van der Waals surface area contributed by atoms with Crippen molar-refractivity contribution in [3.63, 3.8) is 0 Å². The monoisotopic (exact) mass is 584 g/mol. The Morgan fingerprint density at radius 1 is 1.10 bits per heavy atom. The maximum absolute atomic E-state index is 12.0. The van der Waals surface area contributed by atoms with Crippen molar-refractivity contribution in [3.8, 4) is 11.3 Å². The van der Waals surface area contributed by atoms with Crippen molar-refractivity contribution in [2.45, 2.75) is 62.8 Å². The van der Waals surface area contributed by atoms with E-state index in [1.807, 2.05) is 6.07 Å². The quantitative estimate of drug-likeness (QED) is 0.232. The van der Waals surface area contributed by atoms with E-state index in [4.69, 9.17) is 37.4 Å². The molecule has 0 spiro atoms. The molecule has 3 aliphatic carbocycles. The SMILES string of the molecule is O=C(O)c1ccc2nc([C@]3(O)[C@@H]4CC[C@H]3C[C@H](OCc3c(-c5c(Cl)cccc5Cl)noc3C3CC3)C4)sc2c1. The maximum atomic E-state index is 12.0. The topological polar surface area (TPSA) is 106 Å². The summed E-state index contributed by atoms with van der Waals surface area (Å²) >= 11 is 14.4. The number of nitrogens with zero attached hydrogens (tertiary/aromatic N) is 2. The number of halogens is 2. The first-order valence-corrected chi connectivity index (χ1v) is 14.8. The van der Waals surface area contributed by atoms with Gasteiger partial charge in [-0.25, -0.2) is 9.78 Å². The summed E-state index contributed by atoms with van der Waals surface area (Å²) in [6.07, 6.45) is 5.35. The van der Waals surface area contributed by atoms with Gasteiger partial charge < -0.3 is 19.5 Å². The fraction of sp³-hybridized carbons (Fsp3) is 0.414. The summed E-state index contributed by atoms with van der Waals surface area (Å²) in [7, 11) is 0. The van der Waals surface area contributed by atoms with Gasteiger partial charge >= 0.3 is 5.97 Å². The Morgan fingerprint density at radius 2 is 1.82 bits per heavy atom. The first-order chi connectivity index (χ1) is 18.8. The van der Waals surface area contributed by atoms with Gasteiger partial charge in [0.2, 0.25) is 0 Å². The predicted molar refractivity (Wildman–Crippen MR) is 148 cm³/mol. The van der Waals surface area contributed by atoms with E-state index in [9.17, 15) is 15.0 Å². The van der Waals surface area contributed by atoms with Crippen LogP contribution in [-0.4, -0.2) is 32.4 Å². The molecular formula is C29H26Cl2N2O5S. The van der Waals surface area contributed by atoms with E-state index in [0.29, 0.717) is 38.8 Å². The second-order valence-corrected chi connectivity index (χ2v) is 12.8. The minimum Gasteiger partial charge on any atom is -0.478 e. The number of carboxylic acid groups (broad SMARTS) is 1. The number of thiazole rings is 1. The van der Waals surface area contributed by atoms with Crippen molar-refractivity contribution in [2.75, 3.05) is 0 Å². The molecular weight excluding hydrogens is 559 g/mol. The summed E-state index contributed by atoms with van der Waals surface area (Å²) in [5.41, 5.74) is 2.12. The molecule has 2 N–H and O–H groups in total. The molecule has 2 aromatic heterocycles. The van der Waals surface area contributed by atoms with Crippen LogP contribution in [-0.2, 0) is 16.9 Å². The highest BCUT2D eigenvalue weighted by Gasteiger charge is 2.56. The molecule has 0 saturated heterocycles. The van der Waals surface area contributed by atoms with E-state index in [-0.39, 0.29) is 23.5 Å². The number of carboxylic acids is 1. The highest BCUT2D eigenvalue weighted by Crippen LogP contribution is 2.57. The predicted octanol–water partition coefficient (Wildman–Crippen LogP) is 7.43. The van der Waals surface area contributed by atoms with E-state index < -0.39 is 11.6 Å². The van der Waals surface area contributed by atoms with Gasteiger partial charge in [-0.3, -0.25) is 0 Å².